The average Bonchev–Trinajstić information content (AvgIpc) is 2.99. The van der Waals surface area contributed by atoms with Crippen molar-refractivity contribution in [3.63, 3.8) is 0 Å². The molecule has 1 aromatic rings. The Morgan fingerprint density at radius 2 is 1.86 bits per heavy atom. The number of aliphatic carboxylic acids is 1. The number of carbonyl (C=O) groups excluding carboxylic acids is 1. The molecule has 0 bridgehead atoms. The molecular weight excluding hydrogens is 268 g/mol. The van der Waals surface area contributed by atoms with E-state index in [0.29, 0.717) is 6.42 Å². The number of hydrogen-bond donors (Lipinski definition) is 1. The Hall–Kier alpha value is -2.10. The quantitative estimate of drug-likeness (QED) is 0.667. The molecule has 0 saturated heterocycles. The number of esters is 1. The van der Waals surface area contributed by atoms with Gasteiger partial charge in [-0.1, -0.05) is 50.3 Å². The van der Waals surface area contributed by atoms with Crippen molar-refractivity contribution in [3.05, 3.63) is 47.5 Å². The largest absolute Gasteiger partial charge is 0.478 e. The number of rotatable bonds is 5. The molecule has 4 heteroatoms. The smallest absolute Gasteiger partial charge is 0.330 e. The highest BCUT2D eigenvalue weighted by molar-refractivity contribution is 5.90. The van der Waals surface area contributed by atoms with E-state index in [1.54, 1.807) is 6.08 Å². The zero-order valence-corrected chi connectivity index (χ0v) is 12.6. The Labute approximate surface area is 124 Å². The molecule has 112 valence electrons. The van der Waals surface area contributed by atoms with Crippen molar-refractivity contribution in [3.8, 4) is 0 Å². The highest BCUT2D eigenvalue weighted by atomic mass is 16.5. The third-order valence-electron chi connectivity index (χ3n) is 4.18. The van der Waals surface area contributed by atoms with E-state index in [0.717, 1.165) is 5.56 Å². The summed E-state index contributed by atoms with van der Waals surface area (Å²) in [5.41, 5.74) is 0.0116. The maximum Gasteiger partial charge on any atom is 0.330 e. The van der Waals surface area contributed by atoms with Gasteiger partial charge in [0.2, 0.25) is 0 Å². The first-order chi connectivity index (χ1) is 9.78. The molecule has 1 unspecified atom stereocenters. The van der Waals surface area contributed by atoms with Gasteiger partial charge in [-0.2, -0.15) is 0 Å². The monoisotopic (exact) mass is 288 g/mol. The molecule has 1 aliphatic carbocycles. The van der Waals surface area contributed by atoms with Gasteiger partial charge in [0, 0.05) is 5.57 Å². The van der Waals surface area contributed by atoms with Crippen molar-refractivity contribution in [2.45, 2.75) is 33.8 Å². The lowest BCUT2D eigenvalue weighted by molar-refractivity contribution is -0.150. The summed E-state index contributed by atoms with van der Waals surface area (Å²) < 4.78 is 5.40. The highest BCUT2D eigenvalue weighted by Crippen LogP contribution is 2.65. The van der Waals surface area contributed by atoms with E-state index in [9.17, 15) is 9.59 Å². The van der Waals surface area contributed by atoms with Gasteiger partial charge in [0.05, 0.1) is 5.41 Å². The Balaban J connectivity index is 2.12. The molecule has 1 atom stereocenters. The number of carbonyl (C=O) groups is 2. The fourth-order valence-corrected chi connectivity index (χ4v) is 2.59. The van der Waals surface area contributed by atoms with Gasteiger partial charge < -0.3 is 9.84 Å². The summed E-state index contributed by atoms with van der Waals surface area (Å²) in [6.45, 7) is 5.60. The molecule has 0 amide bonds. The van der Waals surface area contributed by atoms with E-state index < -0.39 is 11.4 Å². The van der Waals surface area contributed by atoms with Gasteiger partial charge in [0.25, 0.3) is 0 Å². The molecule has 0 aromatic heterocycles. The van der Waals surface area contributed by atoms with Gasteiger partial charge in [-0.05, 0) is 24.3 Å². The molecule has 1 fully saturated rings. The van der Waals surface area contributed by atoms with Gasteiger partial charge >= 0.3 is 11.9 Å². The minimum atomic E-state index is -1.01. The van der Waals surface area contributed by atoms with E-state index in [4.69, 9.17) is 9.84 Å². The fraction of sp³-hybridized carbons (Fsp3) is 0.412. The average molecular weight is 288 g/mol. The molecule has 0 spiro atoms. The number of benzene rings is 1. The number of carboxylic acids is 1. The van der Waals surface area contributed by atoms with Crippen LogP contribution in [0, 0.1) is 10.8 Å². The normalized spacial score (nSPS) is 23.5. The van der Waals surface area contributed by atoms with E-state index in [2.05, 4.69) is 0 Å². The van der Waals surface area contributed by atoms with E-state index >= 15 is 0 Å². The molecule has 0 heterocycles. The molecule has 1 aliphatic rings. The van der Waals surface area contributed by atoms with Crippen LogP contribution in [0.2, 0.25) is 0 Å². The van der Waals surface area contributed by atoms with Crippen LogP contribution in [0.25, 0.3) is 0 Å². The lowest BCUT2D eigenvalue weighted by Crippen LogP contribution is -2.23. The van der Waals surface area contributed by atoms with Crippen LogP contribution in [0.15, 0.2) is 42.0 Å². The second-order valence-electron chi connectivity index (χ2n) is 6.23. The zero-order chi connectivity index (χ0) is 15.7. The minimum Gasteiger partial charge on any atom is -0.478 e. The summed E-state index contributed by atoms with van der Waals surface area (Å²) in [5, 5.41) is 9.01. The van der Waals surface area contributed by atoms with Gasteiger partial charge in [-0.3, -0.25) is 4.79 Å². The lowest BCUT2D eigenvalue weighted by atomic mass is 9.93. The standard InChI is InChI=1S/C17H20O4/c1-12(14(18)19)9-17(11-16(17,2)3)15(20)21-10-13-7-5-4-6-8-13/h4-9H,10-11H2,1-3H3,(H,18,19). The van der Waals surface area contributed by atoms with Gasteiger partial charge in [-0.25, -0.2) is 4.79 Å². The number of carboxylic acid groups (broad SMARTS) is 1. The summed E-state index contributed by atoms with van der Waals surface area (Å²) in [6.07, 6.45) is 2.15. The van der Waals surface area contributed by atoms with Crippen LogP contribution in [0.4, 0.5) is 0 Å². The topological polar surface area (TPSA) is 63.6 Å². The number of ether oxygens (including phenoxy) is 1. The van der Waals surface area contributed by atoms with Crippen LogP contribution in [0.1, 0.15) is 32.8 Å². The minimum absolute atomic E-state index is 0.178. The van der Waals surface area contributed by atoms with E-state index in [1.165, 1.54) is 6.92 Å². The molecule has 1 aromatic carbocycles. The van der Waals surface area contributed by atoms with Crippen molar-refractivity contribution >= 4 is 11.9 Å². The molecule has 21 heavy (non-hydrogen) atoms. The second-order valence-corrected chi connectivity index (χ2v) is 6.23. The first kappa shape index (κ1) is 15.3. The Bertz CT molecular complexity index is 586. The lowest BCUT2D eigenvalue weighted by Gasteiger charge is -2.16. The first-order valence-electron chi connectivity index (χ1n) is 6.92. The molecular formula is C17H20O4. The summed E-state index contributed by atoms with van der Waals surface area (Å²) in [7, 11) is 0. The SMILES string of the molecule is CC(=CC1(C(=O)OCc2ccccc2)CC1(C)C)C(=O)O. The van der Waals surface area contributed by atoms with Gasteiger partial charge in [0.1, 0.15) is 6.61 Å². The van der Waals surface area contributed by atoms with Crippen molar-refractivity contribution in [1.82, 2.24) is 0 Å². The zero-order valence-electron chi connectivity index (χ0n) is 12.6. The molecule has 2 rings (SSSR count). The van der Waals surface area contributed by atoms with Crippen molar-refractivity contribution in [1.29, 1.82) is 0 Å². The predicted octanol–water partition coefficient (Wildman–Crippen LogP) is 3.18. The van der Waals surface area contributed by atoms with Gasteiger partial charge in [0.15, 0.2) is 0 Å². The maximum atomic E-state index is 12.4. The number of hydrogen-bond acceptors (Lipinski definition) is 3. The van der Waals surface area contributed by atoms with E-state index in [-0.39, 0.29) is 23.6 Å². The second kappa shape index (κ2) is 5.35. The summed E-state index contributed by atoms with van der Waals surface area (Å²) in [6, 6.07) is 9.44. The van der Waals surface area contributed by atoms with Crippen LogP contribution in [0.5, 0.6) is 0 Å². The Kier molecular flexibility index (Phi) is 3.90. The Morgan fingerprint density at radius 3 is 2.33 bits per heavy atom. The van der Waals surface area contributed by atoms with Crippen LogP contribution >= 0.6 is 0 Å². The van der Waals surface area contributed by atoms with Crippen LogP contribution < -0.4 is 0 Å². The molecule has 0 radical (unpaired) electrons. The molecule has 1 saturated carbocycles. The molecule has 1 N–H and O–H groups in total. The van der Waals surface area contributed by atoms with Crippen molar-refractivity contribution < 1.29 is 19.4 Å². The van der Waals surface area contributed by atoms with Crippen LogP contribution in [-0.4, -0.2) is 17.0 Å². The third-order valence-corrected chi connectivity index (χ3v) is 4.18. The summed E-state index contributed by atoms with van der Waals surface area (Å²) in [4.78, 5) is 23.4. The summed E-state index contributed by atoms with van der Waals surface area (Å²) >= 11 is 0. The highest BCUT2D eigenvalue weighted by Gasteiger charge is 2.66. The summed E-state index contributed by atoms with van der Waals surface area (Å²) in [5.74, 6) is -1.36. The van der Waals surface area contributed by atoms with Crippen LogP contribution in [0.3, 0.4) is 0 Å². The third kappa shape index (κ3) is 2.99. The maximum absolute atomic E-state index is 12.4. The molecule has 4 nitrogen and oxygen atoms in total. The van der Waals surface area contributed by atoms with Crippen molar-refractivity contribution in [2.24, 2.45) is 10.8 Å². The van der Waals surface area contributed by atoms with Crippen molar-refractivity contribution in [2.75, 3.05) is 0 Å². The van der Waals surface area contributed by atoms with E-state index in [1.807, 2.05) is 44.2 Å². The fourth-order valence-electron chi connectivity index (χ4n) is 2.59. The van der Waals surface area contributed by atoms with Gasteiger partial charge in [-0.15, -0.1) is 0 Å². The predicted molar refractivity (Wildman–Crippen MR) is 78.5 cm³/mol. The first-order valence-corrected chi connectivity index (χ1v) is 6.92. The Morgan fingerprint density at radius 1 is 1.29 bits per heavy atom. The van der Waals surface area contributed by atoms with Crippen LogP contribution in [-0.2, 0) is 20.9 Å². The molecule has 0 aliphatic heterocycles.